The molecule has 2 aliphatic rings. The van der Waals surface area contributed by atoms with E-state index in [4.69, 9.17) is 4.74 Å². The lowest BCUT2D eigenvalue weighted by Crippen LogP contribution is -2.48. The van der Waals surface area contributed by atoms with Crippen LogP contribution in [0.1, 0.15) is 48.1 Å². The van der Waals surface area contributed by atoms with Crippen LogP contribution in [0.15, 0.2) is 60.8 Å². The smallest absolute Gasteiger partial charge is 0.416 e. The van der Waals surface area contributed by atoms with E-state index in [0.717, 1.165) is 34.3 Å². The molecule has 1 aromatic heterocycles. The van der Waals surface area contributed by atoms with Crippen molar-refractivity contribution in [3.8, 4) is 0 Å². The van der Waals surface area contributed by atoms with Gasteiger partial charge in [-0.15, -0.1) is 0 Å². The van der Waals surface area contributed by atoms with Gasteiger partial charge in [0, 0.05) is 45.5 Å². The number of hydrogen-bond donors (Lipinski definition) is 1. The maximum Gasteiger partial charge on any atom is 0.416 e. The summed E-state index contributed by atoms with van der Waals surface area (Å²) in [6.45, 7) is 8.59. The molecule has 1 N–H and O–H groups in total. The lowest BCUT2D eigenvalue weighted by Gasteiger charge is -2.34. The predicted octanol–water partition coefficient (Wildman–Crippen LogP) is 5.69. The number of benzene rings is 2. The summed E-state index contributed by atoms with van der Waals surface area (Å²) in [4.78, 5) is 38.5. The molecule has 5 rings (SSSR count). The third-order valence-corrected chi connectivity index (χ3v) is 6.93. The fourth-order valence-electron chi connectivity index (χ4n) is 4.77. The number of imidazole rings is 1. The SMILES string of the molecule is CC(C)(C)OC(=O)N1C=CC(c2ccc3nc(C(=O)N4CCN(Cc5ccc(C(F)(F)F)cc5)CC4)[nH]c3c2)=CC1. The summed E-state index contributed by atoms with van der Waals surface area (Å²) in [6, 6.07) is 10.9. The molecule has 0 unspecified atom stereocenters. The van der Waals surface area contributed by atoms with Crippen LogP contribution in [-0.4, -0.2) is 75.0 Å². The Labute approximate surface area is 236 Å². The van der Waals surface area contributed by atoms with E-state index in [-0.39, 0.29) is 11.7 Å². The number of hydrogen-bond acceptors (Lipinski definition) is 5. The van der Waals surface area contributed by atoms with E-state index in [9.17, 15) is 22.8 Å². The Hall–Kier alpha value is -4.12. The second-order valence-electron chi connectivity index (χ2n) is 11.2. The number of aromatic amines is 1. The first-order chi connectivity index (χ1) is 19.4. The first kappa shape index (κ1) is 28.4. The third kappa shape index (κ3) is 6.79. The van der Waals surface area contributed by atoms with Crippen molar-refractivity contribution in [2.45, 2.75) is 39.1 Å². The van der Waals surface area contributed by atoms with Crippen LogP contribution in [0, 0.1) is 0 Å². The second kappa shape index (κ2) is 11.0. The lowest BCUT2D eigenvalue weighted by atomic mass is 10.0. The Balaban J connectivity index is 1.18. The molecule has 0 bridgehead atoms. The molecule has 3 aromatic rings. The van der Waals surface area contributed by atoms with E-state index in [2.05, 4.69) is 14.9 Å². The molecule has 1 fully saturated rings. The van der Waals surface area contributed by atoms with Gasteiger partial charge in [0.25, 0.3) is 5.91 Å². The number of ether oxygens (including phenoxy) is 1. The van der Waals surface area contributed by atoms with E-state index in [0.29, 0.717) is 44.8 Å². The highest BCUT2D eigenvalue weighted by atomic mass is 19.4. The van der Waals surface area contributed by atoms with Gasteiger partial charge in [-0.25, -0.2) is 9.78 Å². The number of allylic oxidation sites excluding steroid dienone is 2. The van der Waals surface area contributed by atoms with Gasteiger partial charge < -0.3 is 14.6 Å². The Morgan fingerprint density at radius 1 is 1.00 bits per heavy atom. The molecule has 11 heteroatoms. The van der Waals surface area contributed by atoms with Gasteiger partial charge in [-0.3, -0.25) is 14.6 Å². The standard InChI is InChI=1S/C30H32F3N5O3/c1-29(2,3)41-28(40)38-12-10-21(11-13-38)22-6-9-24-25(18-22)35-26(34-24)27(39)37-16-14-36(15-17-37)19-20-4-7-23(8-5-20)30(31,32)33/h4-12,18H,13-17,19H2,1-3H3,(H,34,35). The van der Waals surface area contributed by atoms with Crippen LogP contribution in [-0.2, 0) is 17.5 Å². The second-order valence-corrected chi connectivity index (χ2v) is 11.2. The summed E-state index contributed by atoms with van der Waals surface area (Å²) in [6.07, 6.45) is 0.737. The number of carbonyl (C=O) groups excluding carboxylic acids is 2. The van der Waals surface area contributed by atoms with Gasteiger partial charge in [0.2, 0.25) is 0 Å². The normalized spacial score (nSPS) is 16.7. The third-order valence-electron chi connectivity index (χ3n) is 6.93. The average Bonchev–Trinajstić information content (AvgIpc) is 3.36. The maximum atomic E-state index is 13.2. The molecular formula is C30H32F3N5O3. The van der Waals surface area contributed by atoms with Gasteiger partial charge in [-0.1, -0.05) is 24.3 Å². The number of H-pyrrole nitrogens is 1. The minimum Gasteiger partial charge on any atom is -0.443 e. The van der Waals surface area contributed by atoms with E-state index in [1.807, 2.05) is 51.1 Å². The summed E-state index contributed by atoms with van der Waals surface area (Å²) in [5, 5.41) is 0. The van der Waals surface area contributed by atoms with E-state index in [1.165, 1.54) is 17.0 Å². The number of nitrogens with one attached hydrogen (secondary N) is 1. The summed E-state index contributed by atoms with van der Waals surface area (Å²) in [7, 11) is 0. The van der Waals surface area contributed by atoms with Crippen molar-refractivity contribution in [2.24, 2.45) is 0 Å². The van der Waals surface area contributed by atoms with Gasteiger partial charge in [0.15, 0.2) is 5.82 Å². The molecule has 2 aliphatic heterocycles. The number of fused-ring (bicyclic) bond motifs is 1. The number of carbonyl (C=O) groups is 2. The lowest BCUT2D eigenvalue weighted by molar-refractivity contribution is -0.137. The van der Waals surface area contributed by atoms with Crippen molar-refractivity contribution in [1.82, 2.24) is 24.7 Å². The summed E-state index contributed by atoms with van der Waals surface area (Å²) in [5.41, 5.74) is 2.84. The highest BCUT2D eigenvalue weighted by Crippen LogP contribution is 2.29. The molecule has 216 valence electrons. The van der Waals surface area contributed by atoms with Crippen LogP contribution in [0.3, 0.4) is 0 Å². The molecule has 8 nitrogen and oxygen atoms in total. The molecule has 0 spiro atoms. The topological polar surface area (TPSA) is 81.8 Å². The van der Waals surface area contributed by atoms with Crippen LogP contribution in [0.25, 0.3) is 16.6 Å². The van der Waals surface area contributed by atoms with Gasteiger partial charge in [-0.2, -0.15) is 13.2 Å². The van der Waals surface area contributed by atoms with Gasteiger partial charge >= 0.3 is 12.3 Å². The minimum absolute atomic E-state index is 0.193. The molecule has 0 saturated carbocycles. The number of halogens is 3. The van der Waals surface area contributed by atoms with E-state index in [1.54, 1.807) is 11.1 Å². The van der Waals surface area contributed by atoms with E-state index >= 15 is 0 Å². The minimum atomic E-state index is -4.35. The van der Waals surface area contributed by atoms with Crippen molar-refractivity contribution in [3.63, 3.8) is 0 Å². The molecule has 1 saturated heterocycles. The van der Waals surface area contributed by atoms with Crippen LogP contribution < -0.4 is 0 Å². The molecule has 2 aromatic carbocycles. The fraction of sp³-hybridized carbons (Fsp3) is 0.367. The Kier molecular flexibility index (Phi) is 7.65. The van der Waals surface area contributed by atoms with E-state index < -0.39 is 23.4 Å². The van der Waals surface area contributed by atoms with Crippen molar-refractivity contribution in [2.75, 3.05) is 32.7 Å². The highest BCUT2D eigenvalue weighted by Gasteiger charge is 2.30. The van der Waals surface area contributed by atoms with Crippen LogP contribution in [0.2, 0.25) is 0 Å². The van der Waals surface area contributed by atoms with Crippen LogP contribution >= 0.6 is 0 Å². The molecule has 0 radical (unpaired) electrons. The fourth-order valence-corrected chi connectivity index (χ4v) is 4.77. The first-order valence-corrected chi connectivity index (χ1v) is 13.4. The Bertz CT molecular complexity index is 1490. The Morgan fingerprint density at radius 2 is 1.71 bits per heavy atom. The first-order valence-electron chi connectivity index (χ1n) is 13.4. The van der Waals surface area contributed by atoms with Crippen LogP contribution in [0.5, 0.6) is 0 Å². The summed E-state index contributed by atoms with van der Waals surface area (Å²) < 4.78 is 43.9. The number of nitrogens with zero attached hydrogens (tertiary/aromatic N) is 4. The number of alkyl halides is 3. The number of amides is 2. The van der Waals surface area contributed by atoms with Crippen molar-refractivity contribution >= 4 is 28.6 Å². The maximum absolute atomic E-state index is 13.2. The monoisotopic (exact) mass is 567 g/mol. The number of piperazine rings is 1. The highest BCUT2D eigenvalue weighted by molar-refractivity contribution is 5.95. The Morgan fingerprint density at radius 3 is 2.32 bits per heavy atom. The van der Waals surface area contributed by atoms with Crippen molar-refractivity contribution < 1.29 is 27.5 Å². The quantitative estimate of drug-likeness (QED) is 0.438. The van der Waals surface area contributed by atoms with Gasteiger partial charge in [0.1, 0.15) is 5.60 Å². The van der Waals surface area contributed by atoms with Crippen molar-refractivity contribution in [3.05, 3.63) is 83.3 Å². The largest absolute Gasteiger partial charge is 0.443 e. The molecule has 0 aliphatic carbocycles. The molecule has 0 atom stereocenters. The summed E-state index contributed by atoms with van der Waals surface area (Å²) >= 11 is 0. The van der Waals surface area contributed by atoms with Crippen molar-refractivity contribution in [1.29, 1.82) is 0 Å². The zero-order chi connectivity index (χ0) is 29.4. The van der Waals surface area contributed by atoms with Gasteiger partial charge in [-0.05, 0) is 67.8 Å². The molecule has 41 heavy (non-hydrogen) atoms. The van der Waals surface area contributed by atoms with Crippen LogP contribution in [0.4, 0.5) is 18.0 Å². The molecule has 3 heterocycles. The predicted molar refractivity (Wildman–Crippen MR) is 149 cm³/mol. The zero-order valence-electron chi connectivity index (χ0n) is 23.2. The number of aromatic nitrogens is 2. The van der Waals surface area contributed by atoms with Gasteiger partial charge in [0.05, 0.1) is 16.6 Å². The zero-order valence-corrected chi connectivity index (χ0v) is 23.2. The average molecular weight is 568 g/mol. The molecular weight excluding hydrogens is 535 g/mol. The molecule has 2 amide bonds. The summed E-state index contributed by atoms with van der Waals surface area (Å²) in [5.74, 6) is 0.0688. The number of rotatable bonds is 4.